The fraction of sp³-hybridized carbons (Fsp3) is 0.0213. The smallest absolute Gasteiger partial charge is 0.0736 e. The summed E-state index contributed by atoms with van der Waals surface area (Å²) in [5.41, 5.74) is 11.4. The molecule has 1 aliphatic carbocycles. The fourth-order valence-electron chi connectivity index (χ4n) is 9.27. The van der Waals surface area contributed by atoms with E-state index in [1.165, 1.54) is 102 Å². The van der Waals surface area contributed by atoms with E-state index in [1.54, 1.807) is 0 Å². The highest BCUT2D eigenvalue weighted by molar-refractivity contribution is 7.99. The van der Waals surface area contributed by atoms with Gasteiger partial charge >= 0.3 is 0 Å². The Labute approximate surface area is 297 Å². The van der Waals surface area contributed by atoms with E-state index in [4.69, 9.17) is 0 Å². The summed E-state index contributed by atoms with van der Waals surface area (Å²) < 4.78 is 5.18. The van der Waals surface area contributed by atoms with Crippen LogP contribution in [0.2, 0.25) is 0 Å². The monoisotopic (exact) mass is 669 g/mol. The third-order valence-electron chi connectivity index (χ3n) is 11.2. The standard InChI is InChI=1S/C47H27NS2/c1-2-12-30-28(11-1)21-24-40-46(30)35-26-45-39(27-41(35)48(40)29-22-23-34-33-15-5-9-19-42(33)49-44(34)25-29)47(38-18-8-10-20-43(38)50-45)36-16-6-3-13-31(36)32-14-4-7-17-37(32)47/h1-27H. The van der Waals surface area contributed by atoms with Crippen LogP contribution in [0, 0.1) is 0 Å². The molecule has 0 unspecified atom stereocenters. The molecule has 3 heteroatoms. The van der Waals surface area contributed by atoms with Crippen LogP contribution >= 0.6 is 23.1 Å². The Kier molecular flexibility index (Phi) is 5.32. The summed E-state index contributed by atoms with van der Waals surface area (Å²) in [5, 5.41) is 7.84. The molecule has 0 saturated heterocycles. The van der Waals surface area contributed by atoms with E-state index in [1.807, 2.05) is 23.1 Å². The lowest BCUT2D eigenvalue weighted by Gasteiger charge is -2.39. The van der Waals surface area contributed by atoms with Crippen LogP contribution < -0.4 is 0 Å². The Balaban J connectivity index is 1.25. The van der Waals surface area contributed by atoms with Crippen LogP contribution in [0.5, 0.6) is 0 Å². The van der Waals surface area contributed by atoms with Crippen LogP contribution in [0.15, 0.2) is 174 Å². The van der Waals surface area contributed by atoms with E-state index < -0.39 is 5.41 Å². The zero-order valence-corrected chi connectivity index (χ0v) is 28.5. The molecule has 0 N–H and O–H groups in total. The fourth-order valence-corrected chi connectivity index (χ4v) is 11.6. The first-order chi connectivity index (χ1) is 24.8. The average molecular weight is 670 g/mol. The SMILES string of the molecule is c1ccc2c(c1)Sc1cc3c4c5ccccc5ccc4n(-c4ccc5c(c4)sc4ccccc45)c3cc1C21c2ccccc2-c2ccccc21. The quantitative estimate of drug-likeness (QED) is 0.168. The Bertz CT molecular complexity index is 3040. The van der Waals surface area contributed by atoms with Gasteiger partial charge in [-0.25, -0.2) is 0 Å². The summed E-state index contributed by atoms with van der Waals surface area (Å²) in [4.78, 5) is 2.66. The van der Waals surface area contributed by atoms with Gasteiger partial charge in [0.25, 0.3) is 0 Å². The van der Waals surface area contributed by atoms with Gasteiger partial charge in [0.15, 0.2) is 0 Å². The van der Waals surface area contributed by atoms with Gasteiger partial charge in [-0.05, 0) is 86.6 Å². The largest absolute Gasteiger partial charge is 0.309 e. The summed E-state index contributed by atoms with van der Waals surface area (Å²) in [7, 11) is 0. The summed E-state index contributed by atoms with van der Waals surface area (Å²) in [6.45, 7) is 0. The van der Waals surface area contributed by atoms with Gasteiger partial charge in [0, 0.05) is 46.4 Å². The zero-order valence-electron chi connectivity index (χ0n) is 26.9. The van der Waals surface area contributed by atoms with Gasteiger partial charge < -0.3 is 4.57 Å². The van der Waals surface area contributed by atoms with Crippen molar-refractivity contribution in [3.8, 4) is 16.8 Å². The predicted octanol–water partition coefficient (Wildman–Crippen LogP) is 13.1. The minimum absolute atomic E-state index is 0.419. The lowest BCUT2D eigenvalue weighted by atomic mass is 9.67. The van der Waals surface area contributed by atoms with Crippen LogP contribution in [-0.4, -0.2) is 4.57 Å². The molecule has 0 bridgehead atoms. The van der Waals surface area contributed by atoms with Crippen molar-refractivity contribution in [3.05, 3.63) is 186 Å². The number of aromatic nitrogens is 1. The van der Waals surface area contributed by atoms with Crippen molar-refractivity contribution in [2.75, 3.05) is 0 Å². The highest BCUT2D eigenvalue weighted by atomic mass is 32.2. The summed E-state index contributed by atoms with van der Waals surface area (Å²) >= 11 is 3.81. The molecule has 10 aromatic rings. The number of nitrogens with zero attached hydrogens (tertiary/aromatic N) is 1. The molecule has 2 aromatic heterocycles. The molecule has 0 amide bonds. The van der Waals surface area contributed by atoms with Crippen LogP contribution in [0.4, 0.5) is 0 Å². The number of hydrogen-bond acceptors (Lipinski definition) is 2. The first-order valence-electron chi connectivity index (χ1n) is 17.2. The molecule has 0 saturated carbocycles. The molecule has 50 heavy (non-hydrogen) atoms. The molecule has 12 rings (SSSR count). The third-order valence-corrected chi connectivity index (χ3v) is 13.5. The van der Waals surface area contributed by atoms with Gasteiger partial charge in [-0.1, -0.05) is 133 Å². The van der Waals surface area contributed by atoms with Crippen molar-refractivity contribution < 1.29 is 0 Å². The van der Waals surface area contributed by atoms with Crippen LogP contribution in [0.1, 0.15) is 22.3 Å². The molecule has 0 radical (unpaired) electrons. The van der Waals surface area contributed by atoms with Gasteiger partial charge in [0.2, 0.25) is 0 Å². The lowest BCUT2D eigenvalue weighted by molar-refractivity contribution is 0.724. The second-order valence-electron chi connectivity index (χ2n) is 13.6. The molecule has 1 spiro atoms. The van der Waals surface area contributed by atoms with Gasteiger partial charge in [-0.15, -0.1) is 11.3 Å². The van der Waals surface area contributed by atoms with Crippen molar-refractivity contribution in [1.82, 2.24) is 4.57 Å². The molecule has 2 aliphatic rings. The molecule has 232 valence electrons. The number of hydrogen-bond donors (Lipinski definition) is 0. The van der Waals surface area contributed by atoms with Gasteiger partial charge in [0.1, 0.15) is 0 Å². The first kappa shape index (κ1) is 27.2. The van der Waals surface area contributed by atoms with Gasteiger partial charge in [-0.2, -0.15) is 0 Å². The minimum atomic E-state index is -0.419. The molecular weight excluding hydrogens is 643 g/mol. The van der Waals surface area contributed by atoms with Crippen molar-refractivity contribution >= 4 is 75.8 Å². The Morgan fingerprint density at radius 2 is 1.10 bits per heavy atom. The highest BCUT2D eigenvalue weighted by Gasteiger charge is 2.50. The van der Waals surface area contributed by atoms with Crippen LogP contribution in [-0.2, 0) is 5.41 Å². The normalized spacial score (nSPS) is 14.1. The summed E-state index contributed by atoms with van der Waals surface area (Å²) in [5.74, 6) is 0. The van der Waals surface area contributed by atoms with E-state index in [0.717, 1.165) is 0 Å². The predicted molar refractivity (Wildman–Crippen MR) is 213 cm³/mol. The number of fused-ring (bicyclic) bond motifs is 17. The maximum atomic E-state index is 2.55. The molecular formula is C47H27NS2. The Morgan fingerprint density at radius 1 is 0.420 bits per heavy atom. The van der Waals surface area contributed by atoms with Gasteiger partial charge in [-0.3, -0.25) is 0 Å². The van der Waals surface area contributed by atoms with Crippen LogP contribution in [0.25, 0.3) is 69.6 Å². The van der Waals surface area contributed by atoms with Crippen molar-refractivity contribution in [2.24, 2.45) is 0 Å². The van der Waals surface area contributed by atoms with Crippen molar-refractivity contribution in [2.45, 2.75) is 15.2 Å². The zero-order chi connectivity index (χ0) is 32.6. The number of rotatable bonds is 1. The summed E-state index contributed by atoms with van der Waals surface area (Å²) in [6.07, 6.45) is 0. The average Bonchev–Trinajstić information content (AvgIpc) is 3.80. The maximum absolute atomic E-state index is 2.55. The number of benzene rings is 8. The molecule has 3 heterocycles. The minimum Gasteiger partial charge on any atom is -0.309 e. The maximum Gasteiger partial charge on any atom is 0.0736 e. The second kappa shape index (κ2) is 9.76. The van der Waals surface area contributed by atoms with E-state index in [-0.39, 0.29) is 0 Å². The molecule has 1 nitrogen and oxygen atoms in total. The molecule has 1 aliphatic heterocycles. The topological polar surface area (TPSA) is 4.93 Å². The number of thiophene rings is 1. The van der Waals surface area contributed by atoms with Crippen molar-refractivity contribution in [1.29, 1.82) is 0 Å². The van der Waals surface area contributed by atoms with Crippen LogP contribution in [0.3, 0.4) is 0 Å². The van der Waals surface area contributed by atoms with E-state index >= 15 is 0 Å². The second-order valence-corrected chi connectivity index (χ2v) is 15.8. The first-order valence-corrected chi connectivity index (χ1v) is 18.8. The summed E-state index contributed by atoms with van der Waals surface area (Å²) in [6, 6.07) is 61.7. The van der Waals surface area contributed by atoms with Gasteiger partial charge in [0.05, 0.1) is 16.4 Å². The molecule has 8 aromatic carbocycles. The lowest BCUT2D eigenvalue weighted by Crippen LogP contribution is -2.32. The molecule has 0 fully saturated rings. The van der Waals surface area contributed by atoms with Crippen molar-refractivity contribution in [3.63, 3.8) is 0 Å². The Morgan fingerprint density at radius 3 is 1.94 bits per heavy atom. The van der Waals surface area contributed by atoms with E-state index in [2.05, 4.69) is 168 Å². The Hall–Kier alpha value is -5.61. The highest BCUT2D eigenvalue weighted by Crippen LogP contribution is 2.62. The molecule has 0 atom stereocenters. The third kappa shape index (κ3) is 3.34. The van der Waals surface area contributed by atoms with E-state index in [0.29, 0.717) is 0 Å². The van der Waals surface area contributed by atoms with E-state index in [9.17, 15) is 0 Å².